The average molecular weight is 407 g/mol. The Morgan fingerprint density at radius 2 is 2.07 bits per heavy atom. The monoisotopic (exact) mass is 407 g/mol. The molecule has 0 bridgehead atoms. The second kappa shape index (κ2) is 9.09. The summed E-state index contributed by atoms with van der Waals surface area (Å²) >= 11 is 0. The normalized spacial score (nSPS) is 15.4. The third-order valence-electron chi connectivity index (χ3n) is 4.70. The predicted octanol–water partition coefficient (Wildman–Crippen LogP) is 2.41. The van der Waals surface area contributed by atoms with E-state index < -0.39 is 24.4 Å². The molecular formula is C22H21N3O5. The van der Waals surface area contributed by atoms with Crippen LogP contribution in [-0.2, 0) is 19.1 Å². The summed E-state index contributed by atoms with van der Waals surface area (Å²) in [6.45, 7) is 1.58. The van der Waals surface area contributed by atoms with Crippen molar-refractivity contribution in [1.29, 1.82) is 5.26 Å². The summed E-state index contributed by atoms with van der Waals surface area (Å²) in [7, 11) is 1.52. The number of esters is 1. The van der Waals surface area contributed by atoms with Crippen molar-refractivity contribution < 1.29 is 23.9 Å². The molecule has 1 N–H and O–H groups in total. The van der Waals surface area contributed by atoms with Gasteiger partial charge < -0.3 is 19.7 Å². The van der Waals surface area contributed by atoms with E-state index in [9.17, 15) is 14.4 Å². The number of methoxy groups -OCH3 is 1. The van der Waals surface area contributed by atoms with Crippen LogP contribution >= 0.6 is 0 Å². The Kier molecular flexibility index (Phi) is 6.32. The number of anilines is 2. The number of carbonyl (C=O) groups excluding carboxylic acids is 3. The van der Waals surface area contributed by atoms with Crippen molar-refractivity contribution in [3.05, 3.63) is 53.6 Å². The molecular weight excluding hydrogens is 386 g/mol. The first-order valence-electron chi connectivity index (χ1n) is 9.33. The number of nitrogens with one attached hydrogen (secondary N) is 1. The number of ether oxygens (including phenoxy) is 2. The van der Waals surface area contributed by atoms with E-state index in [1.807, 2.05) is 25.1 Å². The molecule has 1 heterocycles. The van der Waals surface area contributed by atoms with Crippen LogP contribution in [0.5, 0.6) is 5.75 Å². The fraction of sp³-hybridized carbons (Fsp3) is 0.273. The van der Waals surface area contributed by atoms with Crippen LogP contribution in [-0.4, -0.2) is 38.0 Å². The van der Waals surface area contributed by atoms with Crippen LogP contribution in [0.15, 0.2) is 42.5 Å². The fourth-order valence-electron chi connectivity index (χ4n) is 3.23. The van der Waals surface area contributed by atoms with Crippen LogP contribution in [0.25, 0.3) is 0 Å². The Balaban J connectivity index is 1.58. The molecule has 8 heteroatoms. The van der Waals surface area contributed by atoms with E-state index in [-0.39, 0.29) is 18.9 Å². The molecule has 154 valence electrons. The molecule has 0 aliphatic carbocycles. The molecule has 30 heavy (non-hydrogen) atoms. The number of hydrogen-bond acceptors (Lipinski definition) is 6. The minimum atomic E-state index is -0.669. The first-order valence-corrected chi connectivity index (χ1v) is 9.33. The number of rotatable bonds is 6. The molecule has 1 saturated heterocycles. The van der Waals surface area contributed by atoms with Crippen LogP contribution in [0.3, 0.4) is 0 Å². The summed E-state index contributed by atoms with van der Waals surface area (Å²) in [4.78, 5) is 38.4. The quantitative estimate of drug-likeness (QED) is 0.737. The number of amides is 2. The van der Waals surface area contributed by atoms with E-state index in [4.69, 9.17) is 14.7 Å². The second-order valence-electron chi connectivity index (χ2n) is 6.93. The van der Waals surface area contributed by atoms with E-state index in [0.717, 1.165) is 5.56 Å². The van der Waals surface area contributed by atoms with Crippen LogP contribution in [0.1, 0.15) is 17.5 Å². The number of nitriles is 1. The van der Waals surface area contributed by atoms with E-state index in [2.05, 4.69) is 5.32 Å². The van der Waals surface area contributed by atoms with E-state index in [1.54, 1.807) is 24.3 Å². The molecule has 1 atom stereocenters. The summed E-state index contributed by atoms with van der Waals surface area (Å²) < 4.78 is 10.4. The molecule has 8 nitrogen and oxygen atoms in total. The highest BCUT2D eigenvalue weighted by Gasteiger charge is 2.37. The summed E-state index contributed by atoms with van der Waals surface area (Å²) in [5, 5.41) is 11.5. The van der Waals surface area contributed by atoms with Gasteiger partial charge in [-0.25, -0.2) is 0 Å². The molecule has 2 aromatic carbocycles. The SMILES string of the molecule is COc1ccc(C)cc1N1C[C@H](C(=O)OCC(=O)Nc2cccc(C#N)c2)CC1=O. The van der Waals surface area contributed by atoms with E-state index in [0.29, 0.717) is 22.7 Å². The van der Waals surface area contributed by atoms with Gasteiger partial charge in [0.05, 0.1) is 30.3 Å². The standard InChI is InChI=1S/C22H21N3O5/c1-14-6-7-19(29-2)18(8-14)25-12-16(10-21(25)27)22(28)30-13-20(26)24-17-5-3-4-15(9-17)11-23/h3-9,16H,10,12-13H2,1-2H3,(H,24,26)/t16-/m1/s1. The maximum atomic E-state index is 12.5. The predicted molar refractivity (Wildman–Crippen MR) is 109 cm³/mol. The largest absolute Gasteiger partial charge is 0.495 e. The zero-order valence-electron chi connectivity index (χ0n) is 16.7. The lowest BCUT2D eigenvalue weighted by Crippen LogP contribution is -2.28. The van der Waals surface area contributed by atoms with E-state index >= 15 is 0 Å². The van der Waals surface area contributed by atoms with Crippen LogP contribution in [0.2, 0.25) is 0 Å². The Labute approximate surface area is 174 Å². The summed E-state index contributed by atoms with van der Waals surface area (Å²) in [6.07, 6.45) is 0.00175. The van der Waals surface area contributed by atoms with Gasteiger partial charge in [0, 0.05) is 18.7 Å². The topological polar surface area (TPSA) is 109 Å². The Morgan fingerprint density at radius 1 is 1.27 bits per heavy atom. The molecule has 0 aromatic heterocycles. The number of benzene rings is 2. The van der Waals surface area contributed by atoms with Gasteiger partial charge in [0.25, 0.3) is 5.91 Å². The minimum absolute atomic E-state index is 0.00175. The first-order chi connectivity index (χ1) is 14.4. The van der Waals surface area contributed by atoms with Crippen molar-refractivity contribution in [2.75, 3.05) is 30.5 Å². The molecule has 0 radical (unpaired) electrons. The van der Waals surface area contributed by atoms with Gasteiger partial charge in [-0.1, -0.05) is 12.1 Å². The van der Waals surface area contributed by atoms with Gasteiger partial charge in [-0.3, -0.25) is 14.4 Å². The van der Waals surface area contributed by atoms with Crippen LogP contribution in [0, 0.1) is 24.2 Å². The number of nitrogens with zero attached hydrogens (tertiary/aromatic N) is 2. The van der Waals surface area contributed by atoms with Crippen molar-refractivity contribution in [3.8, 4) is 11.8 Å². The molecule has 1 aliphatic heterocycles. The lowest BCUT2D eigenvalue weighted by molar-refractivity contribution is -0.151. The number of carbonyl (C=O) groups is 3. The molecule has 3 rings (SSSR count). The molecule has 2 amide bonds. The summed E-state index contributed by atoms with van der Waals surface area (Å²) in [6, 6.07) is 13.8. The smallest absolute Gasteiger partial charge is 0.311 e. The molecule has 1 fully saturated rings. The highest BCUT2D eigenvalue weighted by Crippen LogP contribution is 2.34. The van der Waals surface area contributed by atoms with Crippen molar-refractivity contribution in [1.82, 2.24) is 0 Å². The van der Waals surface area contributed by atoms with Gasteiger partial charge in [0.15, 0.2) is 6.61 Å². The van der Waals surface area contributed by atoms with Gasteiger partial charge >= 0.3 is 5.97 Å². The highest BCUT2D eigenvalue weighted by molar-refractivity contribution is 6.01. The maximum absolute atomic E-state index is 12.5. The van der Waals surface area contributed by atoms with Gasteiger partial charge in [-0.2, -0.15) is 5.26 Å². The van der Waals surface area contributed by atoms with Gasteiger partial charge in [0.1, 0.15) is 5.75 Å². The third-order valence-corrected chi connectivity index (χ3v) is 4.70. The van der Waals surface area contributed by atoms with Crippen molar-refractivity contribution in [2.45, 2.75) is 13.3 Å². The zero-order chi connectivity index (χ0) is 21.7. The Hall–Kier alpha value is -3.86. The fourth-order valence-corrected chi connectivity index (χ4v) is 3.23. The van der Waals surface area contributed by atoms with Crippen LogP contribution in [0.4, 0.5) is 11.4 Å². The van der Waals surface area contributed by atoms with Crippen molar-refractivity contribution in [2.24, 2.45) is 5.92 Å². The summed E-state index contributed by atoms with van der Waals surface area (Å²) in [5.41, 5.74) is 2.40. The average Bonchev–Trinajstić information content (AvgIpc) is 3.13. The minimum Gasteiger partial charge on any atom is -0.495 e. The Bertz CT molecular complexity index is 1030. The first kappa shape index (κ1) is 20.9. The molecule has 2 aromatic rings. The van der Waals surface area contributed by atoms with E-state index in [1.165, 1.54) is 18.1 Å². The number of aryl methyl sites for hydroxylation is 1. The van der Waals surface area contributed by atoms with Gasteiger partial charge in [-0.15, -0.1) is 0 Å². The third kappa shape index (κ3) is 4.75. The highest BCUT2D eigenvalue weighted by atomic mass is 16.5. The second-order valence-corrected chi connectivity index (χ2v) is 6.93. The van der Waals surface area contributed by atoms with Gasteiger partial charge in [0.2, 0.25) is 5.91 Å². The van der Waals surface area contributed by atoms with Crippen molar-refractivity contribution in [3.63, 3.8) is 0 Å². The maximum Gasteiger partial charge on any atom is 0.311 e. The molecule has 0 saturated carbocycles. The lowest BCUT2D eigenvalue weighted by Gasteiger charge is -2.20. The molecule has 0 unspecified atom stereocenters. The van der Waals surface area contributed by atoms with Gasteiger partial charge in [-0.05, 0) is 42.8 Å². The summed E-state index contributed by atoms with van der Waals surface area (Å²) in [5.74, 6) is -1.48. The molecule has 0 spiro atoms. The molecule has 1 aliphatic rings. The van der Waals surface area contributed by atoms with Crippen LogP contribution < -0.4 is 15.0 Å². The number of hydrogen-bond donors (Lipinski definition) is 1. The lowest BCUT2D eigenvalue weighted by atomic mass is 10.1. The van der Waals surface area contributed by atoms with Crippen molar-refractivity contribution >= 4 is 29.2 Å². The Morgan fingerprint density at radius 3 is 2.80 bits per heavy atom. The zero-order valence-corrected chi connectivity index (χ0v) is 16.7.